The van der Waals surface area contributed by atoms with Crippen molar-refractivity contribution < 1.29 is 27.5 Å². The largest absolute Gasteiger partial charge is 0.471 e. The summed E-state index contributed by atoms with van der Waals surface area (Å²) >= 11 is 6.10. The van der Waals surface area contributed by atoms with E-state index in [1.165, 1.54) is 7.11 Å². The summed E-state index contributed by atoms with van der Waals surface area (Å²) in [5.74, 6) is 0.0897. The molecule has 0 bridgehead atoms. The molecule has 0 saturated heterocycles. The quantitative estimate of drug-likeness (QED) is 0.155. The molecule has 44 heavy (non-hydrogen) atoms. The molecule has 0 aliphatic heterocycles. The number of nitrogens with zero attached hydrogens (tertiary/aromatic N) is 2. The molecule has 8 nitrogen and oxygen atoms in total. The number of halogens is 4. The topological polar surface area (TPSA) is 121 Å². The minimum Gasteiger partial charge on any atom is -0.471 e. The van der Waals surface area contributed by atoms with Crippen LogP contribution < -0.4 is 11.1 Å². The van der Waals surface area contributed by atoms with E-state index < -0.39 is 25.2 Å². The lowest BCUT2D eigenvalue weighted by Crippen LogP contribution is -2.46. The standard InChI is InChI=1S/C28H33ClF3N5O.C2H4O2.C2H6/c1-3-19-8-10-20(11-9-19)26(34)37(14-13-28(30,31)32)27(38)35-17-24(33)23-12-7-18(2)15-25(23)36-22-6-4-5-21(29)16-22;1-4-2-3;1-2/h4-6,8-11,16,18,34H,3,7,12-15,17,33H2,1-2H3,(H,35,38);2H,1H3;1-2H3/b24-23-,34-26?,36-25?;;. The normalized spacial score (nSPS) is 16.4. The third-order valence-corrected chi connectivity index (χ3v) is 6.77. The fourth-order valence-corrected chi connectivity index (χ4v) is 4.42. The predicted molar refractivity (Wildman–Crippen MR) is 171 cm³/mol. The molecule has 2 aromatic rings. The Morgan fingerprint density at radius 1 is 1.23 bits per heavy atom. The number of alkyl halides is 3. The molecule has 0 heterocycles. The van der Waals surface area contributed by atoms with Crippen molar-refractivity contribution in [3.63, 3.8) is 0 Å². The van der Waals surface area contributed by atoms with E-state index >= 15 is 0 Å². The summed E-state index contributed by atoms with van der Waals surface area (Å²) in [4.78, 5) is 27.5. The van der Waals surface area contributed by atoms with E-state index in [0.717, 1.165) is 34.6 Å². The summed E-state index contributed by atoms with van der Waals surface area (Å²) in [5.41, 5.74) is 10.4. The Morgan fingerprint density at radius 2 is 1.86 bits per heavy atom. The fraction of sp³-hybridized carbons (Fsp3) is 0.438. The molecule has 1 aliphatic carbocycles. The van der Waals surface area contributed by atoms with Crippen LogP contribution in [0, 0.1) is 11.3 Å². The maximum absolute atomic E-state index is 13.0. The summed E-state index contributed by atoms with van der Waals surface area (Å²) in [6.45, 7) is 7.71. The van der Waals surface area contributed by atoms with Crippen molar-refractivity contribution in [3.8, 4) is 0 Å². The van der Waals surface area contributed by atoms with E-state index in [4.69, 9.17) is 32.5 Å². The maximum Gasteiger partial charge on any atom is 0.390 e. The molecule has 1 atom stereocenters. The van der Waals surface area contributed by atoms with Crippen molar-refractivity contribution in [2.75, 3.05) is 20.2 Å². The molecule has 1 saturated carbocycles. The Morgan fingerprint density at radius 3 is 2.41 bits per heavy atom. The number of hydrogen-bond donors (Lipinski definition) is 3. The number of urea groups is 1. The van der Waals surface area contributed by atoms with Gasteiger partial charge in [-0.3, -0.25) is 20.1 Å². The molecular formula is C32H43ClF3N5O3. The molecule has 4 N–H and O–H groups in total. The first-order valence-corrected chi connectivity index (χ1v) is 14.8. The Kier molecular flexibility index (Phi) is 16.8. The van der Waals surface area contributed by atoms with Crippen LogP contribution in [0.2, 0.25) is 5.02 Å². The van der Waals surface area contributed by atoms with Gasteiger partial charge in [-0.2, -0.15) is 13.2 Å². The highest BCUT2D eigenvalue weighted by molar-refractivity contribution is 6.30. The van der Waals surface area contributed by atoms with E-state index in [1.807, 2.05) is 26.8 Å². The van der Waals surface area contributed by atoms with Gasteiger partial charge < -0.3 is 15.8 Å². The van der Waals surface area contributed by atoms with Crippen molar-refractivity contribution in [2.45, 2.75) is 66.0 Å². The van der Waals surface area contributed by atoms with Gasteiger partial charge in [0.15, 0.2) is 0 Å². The number of amides is 2. The Balaban J connectivity index is 0.00000149. The fourth-order valence-electron chi connectivity index (χ4n) is 4.23. The number of aryl methyl sites for hydroxylation is 1. The number of ether oxygens (including phenoxy) is 1. The van der Waals surface area contributed by atoms with Gasteiger partial charge in [0, 0.05) is 28.5 Å². The Bertz CT molecular complexity index is 1280. The van der Waals surface area contributed by atoms with Crippen molar-refractivity contribution in [1.82, 2.24) is 10.2 Å². The van der Waals surface area contributed by atoms with Crippen LogP contribution in [0.3, 0.4) is 0 Å². The highest BCUT2D eigenvalue weighted by Crippen LogP contribution is 2.30. The second kappa shape index (κ2) is 19.4. The van der Waals surface area contributed by atoms with Gasteiger partial charge in [-0.1, -0.05) is 69.6 Å². The average molecular weight is 638 g/mol. The van der Waals surface area contributed by atoms with Crippen LogP contribution in [0.25, 0.3) is 0 Å². The number of carbonyl (C=O) groups excluding carboxylic acids is 2. The number of aliphatic imine (C=N–C) groups is 1. The lowest BCUT2D eigenvalue weighted by Gasteiger charge is -2.26. The summed E-state index contributed by atoms with van der Waals surface area (Å²) < 4.78 is 42.9. The van der Waals surface area contributed by atoms with Crippen molar-refractivity contribution >= 4 is 41.3 Å². The number of rotatable bonds is 8. The molecule has 3 rings (SSSR count). The van der Waals surface area contributed by atoms with E-state index in [-0.39, 0.29) is 12.4 Å². The lowest BCUT2D eigenvalue weighted by molar-refractivity contribution is -0.135. The Hall–Kier alpha value is -3.86. The van der Waals surface area contributed by atoms with Crippen LogP contribution >= 0.6 is 11.6 Å². The minimum absolute atomic E-state index is 0.0817. The van der Waals surface area contributed by atoms with Crippen LogP contribution in [0.15, 0.2) is 64.8 Å². The number of allylic oxidation sites excluding steroid dienone is 1. The molecule has 0 radical (unpaired) electrons. The molecule has 12 heteroatoms. The number of methoxy groups -OCH3 is 1. The number of nitrogens with one attached hydrogen (secondary N) is 2. The monoisotopic (exact) mass is 637 g/mol. The van der Waals surface area contributed by atoms with E-state index in [9.17, 15) is 18.0 Å². The Labute approximate surface area is 263 Å². The van der Waals surface area contributed by atoms with Gasteiger partial charge in [0.2, 0.25) is 0 Å². The maximum atomic E-state index is 13.0. The second-order valence-corrected chi connectivity index (χ2v) is 10.2. The van der Waals surface area contributed by atoms with E-state index in [2.05, 4.69) is 17.0 Å². The third-order valence-electron chi connectivity index (χ3n) is 6.53. The van der Waals surface area contributed by atoms with Gasteiger partial charge >= 0.3 is 12.2 Å². The highest BCUT2D eigenvalue weighted by atomic mass is 35.5. The third kappa shape index (κ3) is 13.2. The zero-order valence-corrected chi connectivity index (χ0v) is 26.7. The first-order chi connectivity index (χ1) is 20.9. The smallest absolute Gasteiger partial charge is 0.390 e. The number of amidine groups is 1. The molecule has 1 aliphatic rings. The predicted octanol–water partition coefficient (Wildman–Crippen LogP) is 7.81. The van der Waals surface area contributed by atoms with Crippen LogP contribution in [0.5, 0.6) is 0 Å². The highest BCUT2D eigenvalue weighted by Gasteiger charge is 2.31. The number of nitrogens with two attached hydrogens (primary N) is 1. The SMILES string of the molecule is CC.CCc1ccc(C(=N)N(CCC(F)(F)F)C(=O)NC/C(N)=C2\CCC(C)CC2=Nc2cccc(Cl)c2)cc1.COC=O. The molecule has 2 amide bonds. The summed E-state index contributed by atoms with van der Waals surface area (Å²) in [5, 5.41) is 11.6. The molecule has 2 aromatic carbocycles. The molecule has 242 valence electrons. The molecule has 1 fully saturated rings. The van der Waals surface area contributed by atoms with Gasteiger partial charge in [-0.05, 0) is 60.9 Å². The first kappa shape index (κ1) is 38.2. The van der Waals surface area contributed by atoms with Gasteiger partial charge in [-0.15, -0.1) is 0 Å². The molecule has 0 aromatic heterocycles. The van der Waals surface area contributed by atoms with Crippen LogP contribution in [-0.2, 0) is 16.0 Å². The minimum atomic E-state index is -4.48. The zero-order valence-electron chi connectivity index (χ0n) is 25.9. The van der Waals surface area contributed by atoms with E-state index in [1.54, 1.807) is 42.5 Å². The first-order valence-electron chi connectivity index (χ1n) is 14.5. The molecule has 0 spiro atoms. The van der Waals surface area contributed by atoms with Crippen molar-refractivity contribution in [3.05, 3.63) is 76.0 Å². The van der Waals surface area contributed by atoms with Crippen molar-refractivity contribution in [1.29, 1.82) is 5.41 Å². The van der Waals surface area contributed by atoms with Crippen LogP contribution in [0.4, 0.5) is 23.7 Å². The molecular weight excluding hydrogens is 595 g/mol. The van der Waals surface area contributed by atoms with Gasteiger partial charge in [-0.25, -0.2) is 4.79 Å². The lowest BCUT2D eigenvalue weighted by atomic mass is 9.84. The average Bonchev–Trinajstić information content (AvgIpc) is 3.00. The van der Waals surface area contributed by atoms with Crippen LogP contribution in [0.1, 0.15) is 64.5 Å². The van der Waals surface area contributed by atoms with Gasteiger partial charge in [0.05, 0.1) is 25.8 Å². The number of benzene rings is 2. The second-order valence-electron chi connectivity index (χ2n) is 9.80. The van der Waals surface area contributed by atoms with Crippen molar-refractivity contribution in [2.24, 2.45) is 16.6 Å². The number of carbonyl (C=O) groups is 2. The van der Waals surface area contributed by atoms with Gasteiger partial charge in [0.1, 0.15) is 5.84 Å². The summed E-state index contributed by atoms with van der Waals surface area (Å²) in [6.07, 6.45) is -2.67. The van der Waals surface area contributed by atoms with E-state index in [0.29, 0.717) is 47.2 Å². The number of hydrogen-bond acceptors (Lipinski definition) is 6. The zero-order chi connectivity index (χ0) is 33.3. The van der Waals surface area contributed by atoms with Gasteiger partial charge in [0.25, 0.3) is 6.47 Å². The summed E-state index contributed by atoms with van der Waals surface area (Å²) in [6, 6.07) is 13.2. The summed E-state index contributed by atoms with van der Waals surface area (Å²) in [7, 11) is 1.31. The van der Waals surface area contributed by atoms with Crippen LogP contribution in [-0.4, -0.2) is 55.3 Å². The molecule has 1 unspecified atom stereocenters.